The molecule has 0 saturated carbocycles. The lowest BCUT2D eigenvalue weighted by molar-refractivity contribution is 0.103. The van der Waals surface area contributed by atoms with Crippen molar-refractivity contribution >= 4 is 23.7 Å². The number of rotatable bonds is 11. The van der Waals surface area contributed by atoms with E-state index in [1.807, 2.05) is 49.2 Å². The van der Waals surface area contributed by atoms with Gasteiger partial charge in [0.2, 0.25) is 11.5 Å². The Balaban J connectivity index is 1.69. The van der Waals surface area contributed by atoms with Gasteiger partial charge in [-0.25, -0.2) is 27.8 Å². The molecule has 5 rings (SSSR count). The Morgan fingerprint density at radius 1 is 0.936 bits per heavy atom. The van der Waals surface area contributed by atoms with Gasteiger partial charge in [0.05, 0.1) is 30.7 Å². The van der Waals surface area contributed by atoms with Gasteiger partial charge in [0.1, 0.15) is 11.6 Å². The summed E-state index contributed by atoms with van der Waals surface area (Å²) in [7, 11) is 1.88. The molecule has 2 aromatic heterocycles. The summed E-state index contributed by atoms with van der Waals surface area (Å²) in [5.41, 5.74) is 2.03. The molecule has 0 radical (unpaired) electrons. The van der Waals surface area contributed by atoms with E-state index < -0.39 is 29.1 Å². The Bertz CT molecular complexity index is 1920. The first-order valence-corrected chi connectivity index (χ1v) is 15.0. The topological polar surface area (TPSA) is 119 Å². The summed E-state index contributed by atoms with van der Waals surface area (Å²) in [4.78, 5) is 45.2. The number of hydrogen-bond donors (Lipinski definition) is 2. The first-order valence-electron chi connectivity index (χ1n) is 15.0. The quantitative estimate of drug-likeness (QED) is 0.175. The van der Waals surface area contributed by atoms with Crippen LogP contribution in [0.15, 0.2) is 83.8 Å². The summed E-state index contributed by atoms with van der Waals surface area (Å²) in [5.74, 6) is -1.93. The second-order valence-corrected chi connectivity index (χ2v) is 10.7. The number of nitrogens with zero attached hydrogens (tertiary/aromatic N) is 4. The van der Waals surface area contributed by atoms with E-state index in [0.29, 0.717) is 35.7 Å². The van der Waals surface area contributed by atoms with Crippen LogP contribution in [-0.2, 0) is 24.4 Å². The van der Waals surface area contributed by atoms with Crippen LogP contribution in [0.1, 0.15) is 30.7 Å². The number of carbonyl (C=O) groups excluding carboxylic acids is 2. The Kier molecular flexibility index (Phi) is 10.3. The maximum absolute atomic E-state index is 14.8. The number of nitrogens with one attached hydrogen (secondary N) is 2. The lowest BCUT2D eigenvalue weighted by Gasteiger charge is -2.18. The van der Waals surface area contributed by atoms with Gasteiger partial charge in [0.25, 0.3) is 0 Å². The molecule has 3 aromatic carbocycles. The predicted octanol–water partition coefficient (Wildman–Crippen LogP) is 5.80. The SMILES string of the molecule is CCNC(=O)Nc1ccc(-c2nc3n(Cc4c(F)cccc4F)cc(OC(=O)OCC)c(=O)n3c2CN(C)Cc2ccccc2)cc1. The largest absolute Gasteiger partial charge is 0.514 e. The normalized spacial score (nSPS) is 11.1. The summed E-state index contributed by atoms with van der Waals surface area (Å²) in [6, 6.07) is 19.8. The van der Waals surface area contributed by atoms with Crippen LogP contribution in [-0.4, -0.2) is 51.2 Å². The number of carbonyl (C=O) groups is 2. The molecule has 2 heterocycles. The molecule has 47 heavy (non-hydrogen) atoms. The molecule has 0 fully saturated rings. The number of amides is 2. The predicted molar refractivity (Wildman–Crippen MR) is 172 cm³/mol. The summed E-state index contributed by atoms with van der Waals surface area (Å²) in [5, 5.41) is 5.41. The van der Waals surface area contributed by atoms with Gasteiger partial charge < -0.3 is 24.7 Å². The Hall–Kier alpha value is -5.56. The summed E-state index contributed by atoms with van der Waals surface area (Å²) in [6.45, 7) is 4.22. The summed E-state index contributed by atoms with van der Waals surface area (Å²) >= 11 is 0. The van der Waals surface area contributed by atoms with Gasteiger partial charge in [-0.05, 0) is 50.7 Å². The van der Waals surface area contributed by atoms with Gasteiger partial charge in [-0.15, -0.1) is 0 Å². The van der Waals surface area contributed by atoms with Crippen molar-refractivity contribution in [2.75, 3.05) is 25.5 Å². The highest BCUT2D eigenvalue weighted by Crippen LogP contribution is 2.28. The molecule has 2 amide bonds. The first kappa shape index (κ1) is 32.8. The fourth-order valence-electron chi connectivity index (χ4n) is 5.12. The fourth-order valence-corrected chi connectivity index (χ4v) is 5.12. The van der Waals surface area contributed by atoms with E-state index in [9.17, 15) is 23.2 Å². The molecule has 0 unspecified atom stereocenters. The Morgan fingerprint density at radius 3 is 2.30 bits per heavy atom. The van der Waals surface area contributed by atoms with Gasteiger partial charge in [0, 0.05) is 36.4 Å². The van der Waals surface area contributed by atoms with E-state index in [4.69, 9.17) is 14.5 Å². The van der Waals surface area contributed by atoms with E-state index in [1.165, 1.54) is 21.2 Å². The molecule has 13 heteroatoms. The van der Waals surface area contributed by atoms with Gasteiger partial charge in [-0.1, -0.05) is 48.5 Å². The van der Waals surface area contributed by atoms with Gasteiger partial charge in [-0.3, -0.25) is 9.69 Å². The van der Waals surface area contributed by atoms with Crippen LogP contribution in [0.3, 0.4) is 0 Å². The lowest BCUT2D eigenvalue weighted by atomic mass is 10.1. The van der Waals surface area contributed by atoms with Crippen LogP contribution in [0, 0.1) is 11.6 Å². The molecular weight excluding hydrogens is 610 g/mol. The molecule has 0 spiro atoms. The summed E-state index contributed by atoms with van der Waals surface area (Å²) < 4.78 is 42.5. The minimum atomic E-state index is -1.11. The van der Waals surface area contributed by atoms with E-state index in [1.54, 1.807) is 31.2 Å². The zero-order valence-electron chi connectivity index (χ0n) is 26.1. The number of ether oxygens (including phenoxy) is 2. The average Bonchev–Trinajstić information content (AvgIpc) is 3.41. The third-order valence-corrected chi connectivity index (χ3v) is 7.21. The number of aromatic nitrogens is 3. The van der Waals surface area contributed by atoms with Crippen LogP contribution in [0.5, 0.6) is 5.75 Å². The zero-order valence-corrected chi connectivity index (χ0v) is 26.1. The molecule has 0 atom stereocenters. The van der Waals surface area contributed by atoms with Crippen molar-refractivity contribution in [1.29, 1.82) is 0 Å². The van der Waals surface area contributed by atoms with E-state index in [0.717, 1.165) is 17.7 Å². The zero-order chi connectivity index (χ0) is 33.5. The smallest absolute Gasteiger partial charge is 0.434 e. The van der Waals surface area contributed by atoms with Crippen molar-refractivity contribution in [3.05, 3.63) is 118 Å². The molecule has 5 aromatic rings. The van der Waals surface area contributed by atoms with Gasteiger partial charge in [0.15, 0.2) is 0 Å². The minimum Gasteiger partial charge on any atom is -0.434 e. The molecule has 11 nitrogen and oxygen atoms in total. The van der Waals surface area contributed by atoms with Crippen LogP contribution < -0.4 is 20.9 Å². The van der Waals surface area contributed by atoms with E-state index in [2.05, 4.69) is 10.6 Å². The molecular formula is C34H34F2N6O5. The first-order chi connectivity index (χ1) is 22.7. The monoisotopic (exact) mass is 644 g/mol. The van der Waals surface area contributed by atoms with Crippen molar-refractivity contribution in [1.82, 2.24) is 24.2 Å². The highest BCUT2D eigenvalue weighted by atomic mass is 19.1. The van der Waals surface area contributed by atoms with Gasteiger partial charge in [-0.2, -0.15) is 0 Å². The third-order valence-electron chi connectivity index (χ3n) is 7.21. The minimum absolute atomic E-state index is 0.00537. The van der Waals surface area contributed by atoms with E-state index >= 15 is 0 Å². The molecule has 0 aliphatic heterocycles. The molecule has 0 aliphatic rings. The van der Waals surface area contributed by atoms with E-state index in [-0.39, 0.29) is 37.1 Å². The number of urea groups is 1. The third kappa shape index (κ3) is 7.64. The van der Waals surface area contributed by atoms with Crippen LogP contribution in [0.2, 0.25) is 0 Å². The van der Waals surface area contributed by atoms with Crippen molar-refractivity contribution in [2.45, 2.75) is 33.5 Å². The highest BCUT2D eigenvalue weighted by molar-refractivity contribution is 5.89. The molecule has 244 valence electrons. The second-order valence-electron chi connectivity index (χ2n) is 10.7. The summed E-state index contributed by atoms with van der Waals surface area (Å²) in [6.07, 6.45) is 0.0829. The lowest BCUT2D eigenvalue weighted by Crippen LogP contribution is -2.28. The van der Waals surface area contributed by atoms with Crippen LogP contribution in [0.25, 0.3) is 17.0 Å². The standard InChI is InChI=1S/C34H34F2N6O5/c1-4-37-32(44)38-24-16-14-23(15-17-24)30-28(20-40(3)18-22-10-7-6-8-11-22)42-31(43)29(47-34(45)46-5-2)21-41(33(42)39-30)19-25-26(35)12-9-13-27(25)36/h6-17,21H,4-5,18-20H2,1-3H3,(H2,37,38,44). The molecule has 2 N–H and O–H groups in total. The number of anilines is 1. The van der Waals surface area contributed by atoms with Gasteiger partial charge >= 0.3 is 17.7 Å². The van der Waals surface area contributed by atoms with Crippen molar-refractivity contribution in [2.24, 2.45) is 0 Å². The second kappa shape index (κ2) is 14.7. The van der Waals surface area contributed by atoms with Crippen LogP contribution >= 0.6 is 0 Å². The highest BCUT2D eigenvalue weighted by Gasteiger charge is 2.24. The Labute approximate surface area is 269 Å². The number of halogens is 2. The maximum Gasteiger partial charge on any atom is 0.514 e. The maximum atomic E-state index is 14.8. The van der Waals surface area contributed by atoms with Crippen molar-refractivity contribution < 1.29 is 27.8 Å². The molecule has 0 bridgehead atoms. The number of imidazole rings is 1. The Morgan fingerprint density at radius 2 is 1.64 bits per heavy atom. The van der Waals surface area contributed by atoms with Crippen LogP contribution in [0.4, 0.5) is 24.1 Å². The fraction of sp³-hybridized carbons (Fsp3) is 0.235. The van der Waals surface area contributed by atoms with Crippen molar-refractivity contribution in [3.63, 3.8) is 0 Å². The van der Waals surface area contributed by atoms with Crippen molar-refractivity contribution in [3.8, 4) is 17.0 Å². The average molecular weight is 645 g/mol. The molecule has 0 saturated heterocycles. The number of hydrogen-bond acceptors (Lipinski definition) is 7. The molecule has 0 aliphatic carbocycles. The number of benzene rings is 3. The number of fused-ring (bicyclic) bond motifs is 1.